The molecule has 0 aliphatic heterocycles. The zero-order valence-corrected chi connectivity index (χ0v) is 7.61. The summed E-state index contributed by atoms with van der Waals surface area (Å²) in [5.74, 6) is -0.942. The molecular weight excluding hydrogens is 168 g/mol. The van der Waals surface area contributed by atoms with Gasteiger partial charge in [-0.15, -0.1) is 0 Å². The Bertz CT molecular complexity index is 334. The van der Waals surface area contributed by atoms with E-state index in [9.17, 15) is 4.79 Å². The van der Waals surface area contributed by atoms with Crippen LogP contribution in [0.3, 0.4) is 0 Å². The van der Waals surface area contributed by atoms with Crippen LogP contribution in [0.15, 0.2) is 18.2 Å². The first kappa shape index (κ1) is 9.38. The molecule has 0 atom stereocenters. The van der Waals surface area contributed by atoms with Crippen LogP contribution in [0.1, 0.15) is 10.4 Å². The molecule has 0 saturated heterocycles. The first-order valence-electron chi connectivity index (χ1n) is 3.82. The van der Waals surface area contributed by atoms with Crippen LogP contribution >= 0.6 is 0 Å². The molecule has 13 heavy (non-hydrogen) atoms. The Morgan fingerprint density at radius 1 is 1.46 bits per heavy atom. The van der Waals surface area contributed by atoms with Crippen molar-refractivity contribution in [3.05, 3.63) is 23.8 Å². The molecule has 0 amide bonds. The number of nitrogen functional groups attached to an aromatic ring is 1. The highest BCUT2D eigenvalue weighted by atomic mass is 16.4. The van der Waals surface area contributed by atoms with E-state index in [1.54, 1.807) is 17.0 Å². The third-order valence-electron chi connectivity index (χ3n) is 1.76. The molecule has 0 spiro atoms. The summed E-state index contributed by atoms with van der Waals surface area (Å²) in [5.41, 5.74) is 7.20. The van der Waals surface area contributed by atoms with Crippen molar-refractivity contribution >= 4 is 17.3 Å². The van der Waals surface area contributed by atoms with E-state index >= 15 is 0 Å². The van der Waals surface area contributed by atoms with Gasteiger partial charge in [-0.1, -0.05) is 0 Å². The van der Waals surface area contributed by atoms with Gasteiger partial charge in [-0.05, 0) is 18.2 Å². The van der Waals surface area contributed by atoms with Gasteiger partial charge in [0.1, 0.15) is 0 Å². The van der Waals surface area contributed by atoms with Crippen LogP contribution in [0.5, 0.6) is 0 Å². The van der Waals surface area contributed by atoms with Crippen LogP contribution in [-0.2, 0) is 0 Å². The largest absolute Gasteiger partial charge is 0.478 e. The lowest BCUT2D eigenvalue weighted by Crippen LogP contribution is -2.12. The lowest BCUT2D eigenvalue weighted by Gasteiger charge is -2.15. The van der Waals surface area contributed by atoms with Crippen LogP contribution in [-0.4, -0.2) is 25.2 Å². The summed E-state index contributed by atoms with van der Waals surface area (Å²) in [6, 6.07) is 4.64. The first-order chi connectivity index (χ1) is 6.02. The van der Waals surface area contributed by atoms with E-state index < -0.39 is 5.97 Å². The molecule has 0 radical (unpaired) electrons. The Morgan fingerprint density at radius 3 is 2.54 bits per heavy atom. The number of nitrogens with two attached hydrogens (primary N) is 1. The third-order valence-corrected chi connectivity index (χ3v) is 1.76. The lowest BCUT2D eigenvalue weighted by molar-refractivity contribution is 0.0697. The second kappa shape index (κ2) is 3.35. The number of aromatic carboxylic acids is 1. The van der Waals surface area contributed by atoms with Crippen molar-refractivity contribution < 1.29 is 9.90 Å². The molecule has 0 unspecified atom stereocenters. The van der Waals surface area contributed by atoms with Crippen LogP contribution in [0.2, 0.25) is 0 Å². The van der Waals surface area contributed by atoms with Crippen molar-refractivity contribution in [2.45, 2.75) is 0 Å². The second-order valence-corrected chi connectivity index (χ2v) is 2.97. The molecule has 4 heteroatoms. The topological polar surface area (TPSA) is 66.6 Å². The Kier molecular flexibility index (Phi) is 2.41. The molecule has 0 bridgehead atoms. The smallest absolute Gasteiger partial charge is 0.335 e. The number of hydrogen-bond acceptors (Lipinski definition) is 3. The Balaban J connectivity index is 3.19. The van der Waals surface area contributed by atoms with E-state index in [1.165, 1.54) is 6.07 Å². The zero-order valence-electron chi connectivity index (χ0n) is 7.61. The van der Waals surface area contributed by atoms with Crippen LogP contribution in [0.25, 0.3) is 0 Å². The van der Waals surface area contributed by atoms with Crippen molar-refractivity contribution in [2.24, 2.45) is 0 Å². The van der Waals surface area contributed by atoms with Gasteiger partial charge in [0.25, 0.3) is 0 Å². The van der Waals surface area contributed by atoms with E-state index in [2.05, 4.69) is 0 Å². The number of carboxylic acid groups (broad SMARTS) is 1. The summed E-state index contributed by atoms with van der Waals surface area (Å²) in [6.07, 6.45) is 0. The minimum Gasteiger partial charge on any atom is -0.478 e. The van der Waals surface area contributed by atoms with Crippen LogP contribution < -0.4 is 10.6 Å². The second-order valence-electron chi connectivity index (χ2n) is 2.97. The van der Waals surface area contributed by atoms with Crippen molar-refractivity contribution in [1.82, 2.24) is 0 Å². The molecule has 0 fully saturated rings. The minimum absolute atomic E-state index is 0.248. The molecular formula is C9H12N2O2. The van der Waals surface area contributed by atoms with Crippen molar-refractivity contribution in [3.8, 4) is 0 Å². The molecule has 0 aliphatic rings. The summed E-state index contributed by atoms with van der Waals surface area (Å²) in [6.45, 7) is 0. The Morgan fingerprint density at radius 2 is 2.08 bits per heavy atom. The quantitative estimate of drug-likeness (QED) is 0.667. The number of benzene rings is 1. The fourth-order valence-electron chi connectivity index (χ4n) is 1.06. The van der Waals surface area contributed by atoms with Gasteiger partial charge in [0.2, 0.25) is 0 Å². The van der Waals surface area contributed by atoms with E-state index in [-0.39, 0.29) is 5.56 Å². The lowest BCUT2D eigenvalue weighted by atomic mass is 10.1. The van der Waals surface area contributed by atoms with E-state index in [4.69, 9.17) is 10.8 Å². The molecule has 0 heterocycles. The number of carboxylic acids is 1. The van der Waals surface area contributed by atoms with Crippen LogP contribution in [0, 0.1) is 0 Å². The fourth-order valence-corrected chi connectivity index (χ4v) is 1.06. The number of carbonyl (C=O) groups is 1. The van der Waals surface area contributed by atoms with Crippen LogP contribution in [0.4, 0.5) is 11.4 Å². The first-order valence-corrected chi connectivity index (χ1v) is 3.82. The van der Waals surface area contributed by atoms with Gasteiger partial charge in [0.05, 0.1) is 16.9 Å². The van der Waals surface area contributed by atoms with Gasteiger partial charge in [-0.2, -0.15) is 0 Å². The van der Waals surface area contributed by atoms with E-state index in [0.717, 1.165) is 5.69 Å². The molecule has 0 saturated carbocycles. The molecule has 1 rings (SSSR count). The summed E-state index contributed by atoms with van der Waals surface area (Å²) in [7, 11) is 3.63. The SMILES string of the molecule is CN(C)c1cc(C(=O)O)ccc1N. The number of hydrogen-bond donors (Lipinski definition) is 2. The van der Waals surface area contributed by atoms with E-state index in [0.29, 0.717) is 5.69 Å². The maximum absolute atomic E-state index is 10.6. The molecule has 1 aromatic rings. The van der Waals surface area contributed by atoms with E-state index in [1.807, 2.05) is 14.1 Å². The standard InChI is InChI=1S/C9H12N2O2/c1-11(2)8-5-6(9(12)13)3-4-7(8)10/h3-5H,10H2,1-2H3,(H,12,13). The maximum atomic E-state index is 10.6. The normalized spacial score (nSPS) is 9.69. The number of rotatable bonds is 2. The average molecular weight is 180 g/mol. The molecule has 3 N–H and O–H groups in total. The minimum atomic E-state index is -0.942. The van der Waals surface area contributed by atoms with Gasteiger partial charge in [0.15, 0.2) is 0 Å². The molecule has 70 valence electrons. The van der Waals surface area contributed by atoms with Gasteiger partial charge >= 0.3 is 5.97 Å². The van der Waals surface area contributed by atoms with Crippen molar-refractivity contribution in [1.29, 1.82) is 0 Å². The highest BCUT2D eigenvalue weighted by Crippen LogP contribution is 2.22. The Hall–Kier alpha value is -1.71. The summed E-state index contributed by atoms with van der Waals surface area (Å²) < 4.78 is 0. The van der Waals surface area contributed by atoms with Gasteiger partial charge < -0.3 is 15.7 Å². The van der Waals surface area contributed by atoms with Gasteiger partial charge in [-0.3, -0.25) is 0 Å². The predicted molar refractivity (Wildman–Crippen MR) is 52.1 cm³/mol. The molecule has 4 nitrogen and oxygen atoms in total. The maximum Gasteiger partial charge on any atom is 0.335 e. The highest BCUT2D eigenvalue weighted by Gasteiger charge is 2.07. The summed E-state index contributed by atoms with van der Waals surface area (Å²) in [5, 5.41) is 8.72. The summed E-state index contributed by atoms with van der Waals surface area (Å²) in [4.78, 5) is 12.4. The monoisotopic (exact) mass is 180 g/mol. The molecule has 0 aliphatic carbocycles. The molecule has 1 aromatic carbocycles. The Labute approximate surface area is 76.6 Å². The number of anilines is 2. The summed E-state index contributed by atoms with van der Waals surface area (Å²) >= 11 is 0. The zero-order chi connectivity index (χ0) is 10.0. The van der Waals surface area contributed by atoms with Crippen molar-refractivity contribution in [3.63, 3.8) is 0 Å². The van der Waals surface area contributed by atoms with Crippen molar-refractivity contribution in [2.75, 3.05) is 24.7 Å². The fraction of sp³-hybridized carbons (Fsp3) is 0.222. The predicted octanol–water partition coefficient (Wildman–Crippen LogP) is 1.03. The van der Waals surface area contributed by atoms with Gasteiger partial charge in [-0.25, -0.2) is 4.79 Å². The average Bonchev–Trinajstić information content (AvgIpc) is 2.04. The van der Waals surface area contributed by atoms with Gasteiger partial charge in [0, 0.05) is 14.1 Å². The molecule has 0 aromatic heterocycles. The third kappa shape index (κ3) is 1.90. The highest BCUT2D eigenvalue weighted by molar-refractivity contribution is 5.90. The number of nitrogens with zero attached hydrogens (tertiary/aromatic N) is 1.